The number of aldehydes is 1. The van der Waals surface area contributed by atoms with Crippen LogP contribution in [0.2, 0.25) is 5.02 Å². The van der Waals surface area contributed by atoms with Crippen LogP contribution in [0.3, 0.4) is 0 Å². The maximum Gasteiger partial charge on any atom is 0.235 e. The minimum atomic E-state index is -0.568. The van der Waals surface area contributed by atoms with E-state index in [1.807, 2.05) is 0 Å². The lowest BCUT2D eigenvalue weighted by atomic mass is 10.3. The first-order valence-electron chi connectivity index (χ1n) is 4.80. The van der Waals surface area contributed by atoms with Gasteiger partial charge in [-0.15, -0.1) is 0 Å². The van der Waals surface area contributed by atoms with Crippen LogP contribution in [-0.2, 0) is 0 Å². The predicted octanol–water partition coefficient (Wildman–Crippen LogP) is 2.46. The minimum Gasteiger partial charge on any atom is -0.438 e. The predicted molar refractivity (Wildman–Crippen MR) is 63.3 cm³/mol. The SMILES string of the molecule is Nc1ncnc(Oc2ccc(F)c(Cl)c2)c1C=O. The first-order chi connectivity index (χ1) is 8.61. The lowest BCUT2D eigenvalue weighted by Crippen LogP contribution is -2.01. The number of hydrogen-bond donors (Lipinski definition) is 1. The number of carbonyl (C=O) groups is 1. The number of hydrogen-bond acceptors (Lipinski definition) is 5. The van der Waals surface area contributed by atoms with Crippen molar-refractivity contribution >= 4 is 23.7 Å². The minimum absolute atomic E-state index is 0.00297. The molecule has 1 heterocycles. The van der Waals surface area contributed by atoms with E-state index in [2.05, 4.69) is 9.97 Å². The highest BCUT2D eigenvalue weighted by Crippen LogP contribution is 2.27. The Hall–Kier alpha value is -2.21. The molecule has 0 aliphatic heterocycles. The average molecular weight is 268 g/mol. The third-order valence-electron chi connectivity index (χ3n) is 2.10. The molecule has 1 aromatic heterocycles. The number of benzene rings is 1. The van der Waals surface area contributed by atoms with E-state index in [-0.39, 0.29) is 28.0 Å². The summed E-state index contributed by atoms with van der Waals surface area (Å²) in [6.07, 6.45) is 1.64. The molecule has 0 unspecified atom stereocenters. The molecule has 18 heavy (non-hydrogen) atoms. The Morgan fingerprint density at radius 2 is 2.17 bits per heavy atom. The van der Waals surface area contributed by atoms with Gasteiger partial charge in [-0.2, -0.15) is 0 Å². The number of nitrogens with two attached hydrogens (primary N) is 1. The van der Waals surface area contributed by atoms with Crippen LogP contribution in [-0.4, -0.2) is 16.3 Å². The molecule has 2 aromatic rings. The zero-order valence-corrected chi connectivity index (χ0v) is 9.69. The van der Waals surface area contributed by atoms with Crippen LogP contribution in [0, 0.1) is 5.82 Å². The molecular weight excluding hydrogens is 261 g/mol. The summed E-state index contributed by atoms with van der Waals surface area (Å²) in [4.78, 5) is 18.3. The molecule has 0 spiro atoms. The van der Waals surface area contributed by atoms with Gasteiger partial charge in [-0.25, -0.2) is 14.4 Å². The number of carbonyl (C=O) groups excluding carboxylic acids is 1. The number of nitrogen functional groups attached to an aromatic ring is 1. The van der Waals surface area contributed by atoms with Crippen LogP contribution >= 0.6 is 11.6 Å². The molecule has 0 saturated heterocycles. The quantitative estimate of drug-likeness (QED) is 0.864. The molecular formula is C11H7ClFN3O2. The molecule has 0 fully saturated rings. The fourth-order valence-electron chi connectivity index (χ4n) is 1.24. The largest absolute Gasteiger partial charge is 0.438 e. The van der Waals surface area contributed by atoms with E-state index in [0.717, 1.165) is 12.4 Å². The summed E-state index contributed by atoms with van der Waals surface area (Å²) >= 11 is 5.60. The fraction of sp³-hybridized carbons (Fsp3) is 0. The molecule has 0 amide bonds. The van der Waals surface area contributed by atoms with Crippen LogP contribution < -0.4 is 10.5 Å². The standard InChI is InChI=1S/C11H7ClFN3O2/c12-8-3-6(1-2-9(8)13)18-11-7(4-17)10(14)15-5-16-11/h1-5H,(H2,14,15,16). The number of aromatic nitrogens is 2. The van der Waals surface area contributed by atoms with Gasteiger partial charge in [-0.1, -0.05) is 11.6 Å². The summed E-state index contributed by atoms with van der Waals surface area (Å²) in [5.74, 6) is -0.340. The number of rotatable bonds is 3. The molecule has 0 radical (unpaired) electrons. The van der Waals surface area contributed by atoms with Gasteiger partial charge < -0.3 is 10.5 Å². The van der Waals surface area contributed by atoms with Crippen LogP contribution in [0.15, 0.2) is 24.5 Å². The zero-order chi connectivity index (χ0) is 13.1. The summed E-state index contributed by atoms with van der Waals surface area (Å²) in [5.41, 5.74) is 5.52. The van der Waals surface area contributed by atoms with E-state index in [1.54, 1.807) is 0 Å². The highest BCUT2D eigenvalue weighted by atomic mass is 35.5. The Bertz CT molecular complexity index is 607. The summed E-state index contributed by atoms with van der Waals surface area (Å²) in [7, 11) is 0. The number of halogens is 2. The zero-order valence-electron chi connectivity index (χ0n) is 8.93. The molecule has 0 bridgehead atoms. The van der Waals surface area contributed by atoms with E-state index in [1.165, 1.54) is 12.1 Å². The molecule has 2 N–H and O–H groups in total. The molecule has 92 valence electrons. The average Bonchev–Trinajstić information content (AvgIpc) is 2.34. The van der Waals surface area contributed by atoms with E-state index < -0.39 is 5.82 Å². The summed E-state index contributed by atoms with van der Waals surface area (Å²) in [6.45, 7) is 0. The monoisotopic (exact) mass is 267 g/mol. The maximum atomic E-state index is 13.0. The molecule has 2 rings (SSSR count). The Balaban J connectivity index is 2.36. The Kier molecular flexibility index (Phi) is 3.38. The Morgan fingerprint density at radius 1 is 1.39 bits per heavy atom. The van der Waals surface area contributed by atoms with Gasteiger partial charge in [0.05, 0.1) is 5.02 Å². The van der Waals surface area contributed by atoms with Crippen LogP contribution in [0.5, 0.6) is 11.6 Å². The van der Waals surface area contributed by atoms with Crippen molar-refractivity contribution in [3.63, 3.8) is 0 Å². The van der Waals surface area contributed by atoms with E-state index >= 15 is 0 Å². The molecule has 7 heteroatoms. The van der Waals surface area contributed by atoms with E-state index in [0.29, 0.717) is 6.29 Å². The third-order valence-corrected chi connectivity index (χ3v) is 2.39. The third kappa shape index (κ3) is 2.38. The number of anilines is 1. The van der Waals surface area contributed by atoms with Crippen molar-refractivity contribution in [2.45, 2.75) is 0 Å². The van der Waals surface area contributed by atoms with Crippen LogP contribution in [0.1, 0.15) is 10.4 Å². The first kappa shape index (κ1) is 12.3. The normalized spacial score (nSPS) is 10.1. The number of nitrogens with zero attached hydrogens (tertiary/aromatic N) is 2. The van der Waals surface area contributed by atoms with Gasteiger partial charge in [-0.3, -0.25) is 4.79 Å². The van der Waals surface area contributed by atoms with Gasteiger partial charge in [0, 0.05) is 6.07 Å². The molecule has 0 atom stereocenters. The second kappa shape index (κ2) is 4.97. The lowest BCUT2D eigenvalue weighted by molar-refractivity contribution is 0.112. The summed E-state index contributed by atoms with van der Waals surface area (Å²) < 4.78 is 18.3. The van der Waals surface area contributed by atoms with Crippen molar-refractivity contribution in [1.82, 2.24) is 9.97 Å². The van der Waals surface area contributed by atoms with Crippen molar-refractivity contribution in [2.75, 3.05) is 5.73 Å². The van der Waals surface area contributed by atoms with Crippen molar-refractivity contribution in [1.29, 1.82) is 0 Å². The number of ether oxygens (including phenoxy) is 1. The van der Waals surface area contributed by atoms with Gasteiger partial charge in [0.2, 0.25) is 5.88 Å². The smallest absolute Gasteiger partial charge is 0.235 e. The second-order valence-electron chi connectivity index (χ2n) is 3.27. The first-order valence-corrected chi connectivity index (χ1v) is 5.18. The lowest BCUT2D eigenvalue weighted by Gasteiger charge is -2.07. The second-order valence-corrected chi connectivity index (χ2v) is 3.68. The highest BCUT2D eigenvalue weighted by molar-refractivity contribution is 6.30. The van der Waals surface area contributed by atoms with Gasteiger partial charge >= 0.3 is 0 Å². The van der Waals surface area contributed by atoms with Crippen molar-refractivity contribution in [3.8, 4) is 11.6 Å². The maximum absolute atomic E-state index is 13.0. The molecule has 1 aromatic carbocycles. The Morgan fingerprint density at radius 3 is 2.83 bits per heavy atom. The van der Waals surface area contributed by atoms with Gasteiger partial charge in [-0.05, 0) is 12.1 Å². The summed E-state index contributed by atoms with van der Waals surface area (Å²) in [5, 5.41) is -0.0952. The molecule has 0 aliphatic carbocycles. The van der Waals surface area contributed by atoms with Crippen molar-refractivity contribution in [2.24, 2.45) is 0 Å². The van der Waals surface area contributed by atoms with E-state index in [4.69, 9.17) is 22.1 Å². The van der Waals surface area contributed by atoms with Gasteiger partial charge in [0.1, 0.15) is 29.3 Å². The van der Waals surface area contributed by atoms with Gasteiger partial charge in [0.25, 0.3) is 0 Å². The van der Waals surface area contributed by atoms with Crippen LogP contribution in [0.25, 0.3) is 0 Å². The molecule has 0 saturated carbocycles. The fourth-order valence-corrected chi connectivity index (χ4v) is 1.41. The van der Waals surface area contributed by atoms with Gasteiger partial charge in [0.15, 0.2) is 6.29 Å². The van der Waals surface area contributed by atoms with Crippen LogP contribution in [0.4, 0.5) is 10.2 Å². The highest BCUT2D eigenvalue weighted by Gasteiger charge is 2.11. The summed E-state index contributed by atoms with van der Waals surface area (Å²) in [6, 6.07) is 3.76. The van der Waals surface area contributed by atoms with Crippen molar-refractivity contribution in [3.05, 3.63) is 40.9 Å². The topological polar surface area (TPSA) is 78.1 Å². The molecule has 5 nitrogen and oxygen atoms in total. The van der Waals surface area contributed by atoms with Crippen molar-refractivity contribution < 1.29 is 13.9 Å². The Labute approximate surface area is 106 Å². The molecule has 0 aliphatic rings. The van der Waals surface area contributed by atoms with E-state index in [9.17, 15) is 9.18 Å².